The molecule has 13 heavy (non-hydrogen) atoms. The maximum atomic E-state index is 8.47. The van der Waals surface area contributed by atoms with Gasteiger partial charge in [-0.25, -0.2) is 15.5 Å². The van der Waals surface area contributed by atoms with Crippen LogP contribution in [0.15, 0.2) is 16.6 Å². The van der Waals surface area contributed by atoms with E-state index >= 15 is 0 Å². The largest absolute Gasteiger partial charge is 0.368 e. The van der Waals surface area contributed by atoms with Crippen LogP contribution in [0.25, 0.3) is 0 Å². The van der Waals surface area contributed by atoms with Crippen LogP contribution < -0.4 is 11.2 Å². The lowest BCUT2D eigenvalue weighted by atomic mass is 10.1. The highest BCUT2D eigenvalue weighted by molar-refractivity contribution is 7.09. The lowest BCUT2D eigenvalue weighted by molar-refractivity contribution is 0.231. The van der Waals surface area contributed by atoms with Gasteiger partial charge in [-0.2, -0.15) is 0 Å². The molecule has 0 atom stereocenters. The van der Waals surface area contributed by atoms with Gasteiger partial charge < -0.3 is 5.73 Å². The van der Waals surface area contributed by atoms with Crippen molar-refractivity contribution in [2.75, 3.05) is 0 Å². The molecule has 0 aliphatic heterocycles. The summed E-state index contributed by atoms with van der Waals surface area (Å²) in [4.78, 5) is 8.17. The van der Waals surface area contributed by atoms with Crippen LogP contribution >= 0.6 is 11.3 Å². The lowest BCUT2D eigenvalue weighted by Crippen LogP contribution is -2.32. The van der Waals surface area contributed by atoms with E-state index in [1.54, 1.807) is 11.7 Å². The molecule has 0 bridgehead atoms. The second kappa shape index (κ2) is 3.71. The van der Waals surface area contributed by atoms with Crippen molar-refractivity contribution in [2.45, 2.75) is 19.4 Å². The standard InChI is InChI=1S/C7H12N4OS/c1-7(2,10-6(8)11-12)5-9-3-4-13-5/h3-4,12H,1-2H3,(H3,8,10,11). The number of aliphatic imine (C=N–C) groups is 1. The topological polar surface area (TPSA) is 83.5 Å². The molecular formula is C7H12N4OS. The fourth-order valence-corrected chi connectivity index (χ4v) is 1.61. The Kier molecular flexibility index (Phi) is 2.84. The molecule has 0 spiro atoms. The van der Waals surface area contributed by atoms with Crippen molar-refractivity contribution in [1.82, 2.24) is 10.5 Å². The third kappa shape index (κ3) is 2.40. The molecule has 4 N–H and O–H groups in total. The Morgan fingerprint density at radius 3 is 2.92 bits per heavy atom. The first-order chi connectivity index (χ1) is 6.06. The lowest BCUT2D eigenvalue weighted by Gasteiger charge is -2.16. The van der Waals surface area contributed by atoms with Gasteiger partial charge in [-0.15, -0.1) is 11.3 Å². The van der Waals surface area contributed by atoms with E-state index < -0.39 is 5.54 Å². The molecule has 0 saturated carbocycles. The van der Waals surface area contributed by atoms with Crippen molar-refractivity contribution >= 4 is 17.3 Å². The van der Waals surface area contributed by atoms with Gasteiger partial charge in [0, 0.05) is 11.6 Å². The second-order valence-electron chi connectivity index (χ2n) is 3.01. The number of rotatable bonds is 2. The van der Waals surface area contributed by atoms with Gasteiger partial charge in [0.1, 0.15) is 10.5 Å². The van der Waals surface area contributed by atoms with Gasteiger partial charge in [-0.3, -0.25) is 5.21 Å². The zero-order valence-electron chi connectivity index (χ0n) is 7.48. The van der Waals surface area contributed by atoms with Crippen LogP contribution in [-0.4, -0.2) is 16.2 Å². The summed E-state index contributed by atoms with van der Waals surface area (Å²) in [6.45, 7) is 3.74. The third-order valence-electron chi connectivity index (χ3n) is 1.47. The highest BCUT2D eigenvalue weighted by Crippen LogP contribution is 2.25. The summed E-state index contributed by atoms with van der Waals surface area (Å²) in [6.07, 6.45) is 1.71. The Bertz CT molecular complexity index is 293. The zero-order chi connectivity index (χ0) is 9.90. The monoisotopic (exact) mass is 200 g/mol. The van der Waals surface area contributed by atoms with E-state index in [0.29, 0.717) is 0 Å². The summed E-state index contributed by atoms with van der Waals surface area (Å²) in [5.41, 5.74) is 6.61. The summed E-state index contributed by atoms with van der Waals surface area (Å²) in [5, 5.41) is 11.2. The van der Waals surface area contributed by atoms with Crippen LogP contribution in [-0.2, 0) is 5.54 Å². The normalized spacial score (nSPS) is 13.0. The molecule has 1 aromatic heterocycles. The quantitative estimate of drug-likeness (QED) is 0.372. The first-order valence-corrected chi connectivity index (χ1v) is 4.59. The molecular weight excluding hydrogens is 188 g/mol. The van der Waals surface area contributed by atoms with Crippen LogP contribution in [0, 0.1) is 0 Å². The smallest absolute Gasteiger partial charge is 0.213 e. The van der Waals surface area contributed by atoms with E-state index in [2.05, 4.69) is 9.98 Å². The molecule has 6 heteroatoms. The van der Waals surface area contributed by atoms with Gasteiger partial charge in [0.05, 0.1) is 0 Å². The van der Waals surface area contributed by atoms with Crippen LogP contribution in [0.1, 0.15) is 18.9 Å². The van der Waals surface area contributed by atoms with Crippen molar-refractivity contribution in [3.05, 3.63) is 16.6 Å². The first-order valence-electron chi connectivity index (χ1n) is 3.71. The molecule has 1 rings (SSSR count). The van der Waals surface area contributed by atoms with Crippen LogP contribution in [0.5, 0.6) is 0 Å². The maximum Gasteiger partial charge on any atom is 0.213 e. The Labute approximate surface area is 80.3 Å². The Balaban J connectivity index is 2.90. The summed E-state index contributed by atoms with van der Waals surface area (Å²) in [7, 11) is 0. The van der Waals surface area contributed by atoms with Gasteiger partial charge in [0.15, 0.2) is 0 Å². The van der Waals surface area contributed by atoms with Gasteiger partial charge in [-0.05, 0) is 13.8 Å². The molecule has 0 aliphatic rings. The molecule has 0 aromatic carbocycles. The van der Waals surface area contributed by atoms with E-state index in [4.69, 9.17) is 10.9 Å². The van der Waals surface area contributed by atoms with Crippen molar-refractivity contribution < 1.29 is 5.21 Å². The average molecular weight is 200 g/mol. The zero-order valence-corrected chi connectivity index (χ0v) is 8.30. The fourth-order valence-electron chi connectivity index (χ4n) is 0.900. The number of hydrogen-bond acceptors (Lipinski definition) is 4. The van der Waals surface area contributed by atoms with E-state index in [9.17, 15) is 0 Å². The van der Waals surface area contributed by atoms with Gasteiger partial charge >= 0.3 is 0 Å². The van der Waals surface area contributed by atoms with Crippen molar-refractivity contribution in [3.8, 4) is 0 Å². The molecule has 5 nitrogen and oxygen atoms in total. The molecule has 72 valence electrons. The summed E-state index contributed by atoms with van der Waals surface area (Å²) >= 11 is 1.50. The number of aromatic nitrogens is 1. The molecule has 0 saturated heterocycles. The van der Waals surface area contributed by atoms with E-state index in [1.807, 2.05) is 19.2 Å². The Morgan fingerprint density at radius 1 is 1.77 bits per heavy atom. The fraction of sp³-hybridized carbons (Fsp3) is 0.429. The minimum Gasteiger partial charge on any atom is -0.368 e. The molecule has 0 aliphatic carbocycles. The highest BCUT2D eigenvalue weighted by atomic mass is 32.1. The number of thiazole rings is 1. The van der Waals surface area contributed by atoms with Crippen molar-refractivity contribution in [1.29, 1.82) is 0 Å². The van der Waals surface area contributed by atoms with Crippen molar-refractivity contribution in [2.24, 2.45) is 10.7 Å². The Morgan fingerprint density at radius 2 is 2.46 bits per heavy atom. The summed E-state index contributed by atoms with van der Waals surface area (Å²) in [6, 6.07) is 0. The predicted octanol–water partition coefficient (Wildman–Crippen LogP) is 0.672. The number of guanidine groups is 1. The minimum absolute atomic E-state index is 0.0137. The number of nitrogens with one attached hydrogen (secondary N) is 1. The summed E-state index contributed by atoms with van der Waals surface area (Å²) in [5.74, 6) is -0.0137. The molecule has 1 aromatic rings. The molecule has 0 fully saturated rings. The average Bonchev–Trinajstić information content (AvgIpc) is 2.55. The molecule has 0 radical (unpaired) electrons. The van der Waals surface area contributed by atoms with E-state index in [0.717, 1.165) is 5.01 Å². The molecule has 0 unspecified atom stereocenters. The third-order valence-corrected chi connectivity index (χ3v) is 2.56. The maximum absolute atomic E-state index is 8.47. The SMILES string of the molecule is CC(C)(N=C(N)NO)c1nccs1. The number of nitrogens with two attached hydrogens (primary N) is 1. The van der Waals surface area contributed by atoms with Crippen molar-refractivity contribution in [3.63, 3.8) is 0 Å². The highest BCUT2D eigenvalue weighted by Gasteiger charge is 2.22. The number of hydrogen-bond donors (Lipinski definition) is 3. The van der Waals surface area contributed by atoms with E-state index in [-0.39, 0.29) is 5.96 Å². The molecule has 1 heterocycles. The van der Waals surface area contributed by atoms with Crippen LogP contribution in [0.2, 0.25) is 0 Å². The predicted molar refractivity (Wildman–Crippen MR) is 51.7 cm³/mol. The van der Waals surface area contributed by atoms with Gasteiger partial charge in [0.2, 0.25) is 5.96 Å². The van der Waals surface area contributed by atoms with Crippen LogP contribution in [0.3, 0.4) is 0 Å². The Hall–Kier alpha value is -1.14. The molecule has 0 amide bonds. The second-order valence-corrected chi connectivity index (χ2v) is 3.90. The minimum atomic E-state index is -0.506. The first kappa shape index (κ1) is 9.94. The van der Waals surface area contributed by atoms with Gasteiger partial charge in [-0.1, -0.05) is 0 Å². The summed E-state index contributed by atoms with van der Waals surface area (Å²) < 4.78 is 0. The van der Waals surface area contributed by atoms with Gasteiger partial charge in [0.25, 0.3) is 0 Å². The van der Waals surface area contributed by atoms with E-state index in [1.165, 1.54) is 11.3 Å². The number of hydroxylamine groups is 1. The number of nitrogens with zero attached hydrogens (tertiary/aromatic N) is 2. The van der Waals surface area contributed by atoms with Crippen LogP contribution in [0.4, 0.5) is 0 Å².